The molecule has 1 fully saturated rings. The molecule has 35 heavy (non-hydrogen) atoms. The van der Waals surface area contributed by atoms with Crippen LogP contribution >= 0.6 is 11.6 Å². The lowest BCUT2D eigenvalue weighted by Gasteiger charge is -2.26. The molecule has 1 aliphatic rings. The molecule has 1 aromatic heterocycles. The van der Waals surface area contributed by atoms with Gasteiger partial charge >= 0.3 is 0 Å². The maximum Gasteiger partial charge on any atom is 0.260 e. The van der Waals surface area contributed by atoms with Gasteiger partial charge in [0, 0.05) is 29.7 Å². The van der Waals surface area contributed by atoms with Crippen LogP contribution in [0.5, 0.6) is 11.5 Å². The van der Waals surface area contributed by atoms with Crippen LogP contribution in [0.1, 0.15) is 42.1 Å². The summed E-state index contributed by atoms with van der Waals surface area (Å²) in [4.78, 5) is 27.3. The van der Waals surface area contributed by atoms with Crippen molar-refractivity contribution in [2.45, 2.75) is 32.7 Å². The van der Waals surface area contributed by atoms with E-state index < -0.39 is 0 Å². The van der Waals surface area contributed by atoms with Crippen LogP contribution in [0.15, 0.2) is 54.7 Å². The monoisotopic (exact) mass is 496 g/mol. The minimum Gasteiger partial charge on any atom is -0.490 e. The average molecular weight is 497 g/mol. The molecule has 0 aliphatic carbocycles. The Bertz CT molecular complexity index is 1170. The third kappa shape index (κ3) is 6.33. The number of halogens is 1. The lowest BCUT2D eigenvalue weighted by atomic mass is 10.1. The van der Waals surface area contributed by atoms with Crippen molar-refractivity contribution in [1.82, 2.24) is 14.7 Å². The Hall–Kier alpha value is -3.52. The summed E-state index contributed by atoms with van der Waals surface area (Å²) in [5.74, 6) is 1.03. The lowest BCUT2D eigenvalue weighted by molar-refractivity contribution is -0.134. The number of aromatic nitrogens is 2. The van der Waals surface area contributed by atoms with Crippen LogP contribution in [0.25, 0.3) is 0 Å². The number of likely N-dealkylation sites (tertiary alicyclic amines) is 1. The van der Waals surface area contributed by atoms with E-state index in [1.807, 2.05) is 36.1 Å². The second-order valence-corrected chi connectivity index (χ2v) is 8.65. The summed E-state index contributed by atoms with van der Waals surface area (Å²) >= 11 is 6.27. The summed E-state index contributed by atoms with van der Waals surface area (Å²) < 4.78 is 13.1. The SMILES string of the molecule is CCOc1cc(C(=O)Nc2ccnn2Cc2ccccc2Cl)ccc1OCC(=O)N1CCCCC1. The van der Waals surface area contributed by atoms with E-state index in [1.165, 1.54) is 0 Å². The molecule has 8 nitrogen and oxygen atoms in total. The van der Waals surface area contributed by atoms with Crippen molar-refractivity contribution in [2.24, 2.45) is 0 Å². The lowest BCUT2D eigenvalue weighted by Crippen LogP contribution is -2.38. The van der Waals surface area contributed by atoms with E-state index in [9.17, 15) is 9.59 Å². The fourth-order valence-electron chi connectivity index (χ4n) is 3.95. The van der Waals surface area contributed by atoms with Crippen molar-refractivity contribution in [1.29, 1.82) is 0 Å². The van der Waals surface area contributed by atoms with E-state index in [0.29, 0.717) is 41.1 Å². The number of ether oxygens (including phenoxy) is 2. The Balaban J connectivity index is 1.43. The van der Waals surface area contributed by atoms with Gasteiger partial charge in [0.2, 0.25) is 0 Å². The number of rotatable bonds is 9. The Labute approximate surface area is 209 Å². The number of carbonyl (C=O) groups is 2. The zero-order chi connectivity index (χ0) is 24.6. The molecule has 0 spiro atoms. The van der Waals surface area contributed by atoms with Crippen molar-refractivity contribution >= 4 is 29.2 Å². The average Bonchev–Trinajstić information content (AvgIpc) is 3.31. The Morgan fingerprint density at radius 3 is 2.60 bits per heavy atom. The number of amides is 2. The first-order chi connectivity index (χ1) is 17.0. The Morgan fingerprint density at radius 1 is 1.03 bits per heavy atom. The molecule has 0 saturated carbocycles. The molecule has 0 bridgehead atoms. The fourth-order valence-corrected chi connectivity index (χ4v) is 4.15. The van der Waals surface area contributed by atoms with E-state index in [4.69, 9.17) is 21.1 Å². The minimum absolute atomic E-state index is 0.0410. The Morgan fingerprint density at radius 2 is 1.83 bits per heavy atom. The summed E-state index contributed by atoms with van der Waals surface area (Å²) in [7, 11) is 0. The van der Waals surface area contributed by atoms with Crippen LogP contribution in [-0.2, 0) is 11.3 Å². The zero-order valence-corrected chi connectivity index (χ0v) is 20.5. The molecule has 1 aliphatic heterocycles. The maximum absolute atomic E-state index is 13.0. The van der Waals surface area contributed by atoms with E-state index in [1.54, 1.807) is 35.1 Å². The molecule has 0 unspecified atom stereocenters. The highest BCUT2D eigenvalue weighted by atomic mass is 35.5. The molecule has 2 amide bonds. The van der Waals surface area contributed by atoms with Gasteiger partial charge in [-0.2, -0.15) is 5.10 Å². The third-order valence-electron chi connectivity index (χ3n) is 5.80. The molecule has 0 radical (unpaired) electrons. The predicted molar refractivity (Wildman–Crippen MR) is 134 cm³/mol. The van der Waals surface area contributed by atoms with Crippen LogP contribution in [0.4, 0.5) is 5.82 Å². The molecule has 1 N–H and O–H groups in total. The zero-order valence-electron chi connectivity index (χ0n) is 19.7. The number of piperidine rings is 1. The number of hydrogen-bond donors (Lipinski definition) is 1. The van der Waals surface area contributed by atoms with E-state index in [-0.39, 0.29) is 18.4 Å². The van der Waals surface area contributed by atoms with Gasteiger partial charge in [-0.05, 0) is 56.0 Å². The number of nitrogens with one attached hydrogen (secondary N) is 1. The van der Waals surface area contributed by atoms with Gasteiger partial charge in [0.15, 0.2) is 18.1 Å². The van der Waals surface area contributed by atoms with E-state index in [0.717, 1.165) is 37.9 Å². The fraction of sp³-hybridized carbons (Fsp3) is 0.346. The maximum atomic E-state index is 13.0. The van der Waals surface area contributed by atoms with E-state index >= 15 is 0 Å². The van der Waals surface area contributed by atoms with Crippen LogP contribution in [0, 0.1) is 0 Å². The first kappa shape index (κ1) is 24.6. The number of benzene rings is 2. The van der Waals surface area contributed by atoms with Gasteiger partial charge < -0.3 is 19.7 Å². The summed E-state index contributed by atoms with van der Waals surface area (Å²) in [6.07, 6.45) is 4.83. The van der Waals surface area contributed by atoms with Crippen molar-refractivity contribution in [3.05, 3.63) is 70.9 Å². The number of hydrogen-bond acceptors (Lipinski definition) is 5. The third-order valence-corrected chi connectivity index (χ3v) is 6.17. The van der Waals surface area contributed by atoms with Crippen LogP contribution in [0.2, 0.25) is 5.02 Å². The molecule has 9 heteroatoms. The largest absolute Gasteiger partial charge is 0.490 e. The minimum atomic E-state index is -0.317. The smallest absolute Gasteiger partial charge is 0.260 e. The van der Waals surface area contributed by atoms with Crippen molar-refractivity contribution in [2.75, 3.05) is 31.6 Å². The van der Waals surface area contributed by atoms with Gasteiger partial charge in [-0.15, -0.1) is 0 Å². The Kier molecular flexibility index (Phi) is 8.26. The molecular weight excluding hydrogens is 468 g/mol. The molecule has 2 heterocycles. The second kappa shape index (κ2) is 11.8. The molecule has 0 atom stereocenters. The van der Waals surface area contributed by atoms with Gasteiger partial charge in [0.05, 0.1) is 19.3 Å². The second-order valence-electron chi connectivity index (χ2n) is 8.24. The van der Waals surface area contributed by atoms with Gasteiger partial charge in [-0.1, -0.05) is 29.8 Å². The first-order valence-corrected chi connectivity index (χ1v) is 12.2. The van der Waals surface area contributed by atoms with E-state index in [2.05, 4.69) is 10.4 Å². The summed E-state index contributed by atoms with van der Waals surface area (Å²) in [5.41, 5.74) is 1.29. The summed E-state index contributed by atoms with van der Waals surface area (Å²) in [6, 6.07) is 14.1. The summed E-state index contributed by atoms with van der Waals surface area (Å²) in [5, 5.41) is 7.83. The molecule has 184 valence electrons. The number of carbonyl (C=O) groups excluding carboxylic acids is 2. The quantitative estimate of drug-likeness (QED) is 0.467. The standard InChI is InChI=1S/C26H29ClN4O4/c1-2-34-23-16-19(10-11-22(23)35-18-25(32)30-14-6-3-7-15-30)26(33)29-24-12-13-28-31(24)17-20-8-4-5-9-21(20)27/h4-5,8-13,16H,2-3,6-7,14-15,17-18H2,1H3,(H,29,33). The molecule has 2 aromatic carbocycles. The van der Waals surface area contributed by atoms with Crippen LogP contribution in [-0.4, -0.2) is 52.8 Å². The van der Waals surface area contributed by atoms with Crippen molar-refractivity contribution in [3.8, 4) is 11.5 Å². The van der Waals surface area contributed by atoms with Gasteiger partial charge in [-0.3, -0.25) is 9.59 Å². The van der Waals surface area contributed by atoms with Crippen LogP contribution < -0.4 is 14.8 Å². The predicted octanol–water partition coefficient (Wildman–Crippen LogP) is 4.63. The highest BCUT2D eigenvalue weighted by molar-refractivity contribution is 6.31. The van der Waals surface area contributed by atoms with Gasteiger partial charge in [0.1, 0.15) is 5.82 Å². The van der Waals surface area contributed by atoms with Gasteiger partial charge in [0.25, 0.3) is 11.8 Å². The molecule has 3 aromatic rings. The first-order valence-electron chi connectivity index (χ1n) is 11.8. The van der Waals surface area contributed by atoms with Gasteiger partial charge in [-0.25, -0.2) is 4.68 Å². The highest BCUT2D eigenvalue weighted by Crippen LogP contribution is 2.29. The van der Waals surface area contributed by atoms with Crippen molar-refractivity contribution < 1.29 is 19.1 Å². The topological polar surface area (TPSA) is 85.7 Å². The van der Waals surface area contributed by atoms with Crippen molar-refractivity contribution in [3.63, 3.8) is 0 Å². The number of nitrogens with zero attached hydrogens (tertiary/aromatic N) is 3. The highest BCUT2D eigenvalue weighted by Gasteiger charge is 2.19. The molecule has 4 rings (SSSR count). The summed E-state index contributed by atoms with van der Waals surface area (Å²) in [6.45, 7) is 4.14. The molecule has 1 saturated heterocycles. The van der Waals surface area contributed by atoms with Crippen LogP contribution in [0.3, 0.4) is 0 Å². The molecular formula is C26H29ClN4O4. The normalized spacial score (nSPS) is 13.4. The number of anilines is 1.